The smallest absolute Gasteiger partial charge is 0.267 e. The molecule has 1 N–H and O–H groups in total. The van der Waals surface area contributed by atoms with E-state index in [1.807, 2.05) is 49.4 Å². The van der Waals surface area contributed by atoms with E-state index in [0.29, 0.717) is 18.0 Å². The molecular formula is C19H19IN2O3. The van der Waals surface area contributed by atoms with Crippen LogP contribution >= 0.6 is 22.6 Å². The lowest BCUT2D eigenvalue weighted by Crippen LogP contribution is -2.45. The number of rotatable bonds is 4. The molecule has 6 heteroatoms. The van der Waals surface area contributed by atoms with E-state index in [1.165, 1.54) is 5.56 Å². The van der Waals surface area contributed by atoms with Gasteiger partial charge in [0.25, 0.3) is 5.91 Å². The summed E-state index contributed by atoms with van der Waals surface area (Å²) in [6, 6.07) is 13.2. The number of carbonyl (C=O) groups excluding carboxylic acids is 2. The number of halogens is 1. The van der Waals surface area contributed by atoms with Crippen LogP contribution < -0.4 is 15.0 Å². The van der Waals surface area contributed by atoms with Crippen LogP contribution in [0.15, 0.2) is 42.5 Å². The van der Waals surface area contributed by atoms with Gasteiger partial charge >= 0.3 is 0 Å². The molecule has 3 rings (SSSR count). The van der Waals surface area contributed by atoms with E-state index < -0.39 is 6.10 Å². The van der Waals surface area contributed by atoms with Gasteiger partial charge in [0.05, 0.1) is 5.69 Å². The zero-order valence-electron chi connectivity index (χ0n) is 14.1. The topological polar surface area (TPSA) is 58.6 Å². The average Bonchev–Trinajstić information content (AvgIpc) is 2.58. The summed E-state index contributed by atoms with van der Waals surface area (Å²) in [4.78, 5) is 26.3. The third kappa shape index (κ3) is 3.95. The van der Waals surface area contributed by atoms with Crippen molar-refractivity contribution in [2.45, 2.75) is 26.4 Å². The Balaban J connectivity index is 1.67. The number of ether oxygens (including phenoxy) is 1. The van der Waals surface area contributed by atoms with Crippen molar-refractivity contribution in [3.05, 3.63) is 51.6 Å². The van der Waals surface area contributed by atoms with E-state index in [2.05, 4.69) is 27.9 Å². The van der Waals surface area contributed by atoms with Gasteiger partial charge in [0, 0.05) is 22.2 Å². The Labute approximate surface area is 160 Å². The molecule has 0 unspecified atom stereocenters. The Morgan fingerprint density at radius 3 is 2.80 bits per heavy atom. The highest BCUT2D eigenvalue weighted by molar-refractivity contribution is 14.1. The molecule has 1 heterocycles. The third-order valence-electron chi connectivity index (χ3n) is 4.09. The summed E-state index contributed by atoms with van der Waals surface area (Å²) in [7, 11) is 0. The second-order valence-corrected chi connectivity index (χ2v) is 7.14. The fourth-order valence-electron chi connectivity index (χ4n) is 2.70. The molecule has 1 atom stereocenters. The number of hydrogen-bond acceptors (Lipinski definition) is 3. The maximum Gasteiger partial charge on any atom is 0.267 e. The van der Waals surface area contributed by atoms with E-state index in [4.69, 9.17) is 4.74 Å². The van der Waals surface area contributed by atoms with E-state index >= 15 is 0 Å². The van der Waals surface area contributed by atoms with Crippen molar-refractivity contribution in [3.63, 3.8) is 0 Å². The predicted octanol–water partition coefficient (Wildman–Crippen LogP) is 3.74. The molecular weight excluding hydrogens is 431 g/mol. The van der Waals surface area contributed by atoms with Crippen LogP contribution in [0.2, 0.25) is 0 Å². The molecule has 130 valence electrons. The number of carbonyl (C=O) groups is 2. The molecule has 2 amide bonds. The second-order valence-electron chi connectivity index (χ2n) is 5.98. The molecule has 1 aliphatic heterocycles. The molecule has 5 nitrogen and oxygen atoms in total. The normalized spacial score (nSPS) is 16.2. The van der Waals surface area contributed by atoms with Crippen molar-refractivity contribution in [2.24, 2.45) is 0 Å². The van der Waals surface area contributed by atoms with Gasteiger partial charge in [0.15, 0.2) is 6.10 Å². The van der Waals surface area contributed by atoms with Crippen molar-refractivity contribution in [1.29, 1.82) is 0 Å². The van der Waals surface area contributed by atoms with Crippen molar-refractivity contribution < 1.29 is 14.3 Å². The number of benzene rings is 2. The van der Waals surface area contributed by atoms with Gasteiger partial charge in [0.2, 0.25) is 5.91 Å². The lowest BCUT2D eigenvalue weighted by molar-refractivity contribution is -0.125. The van der Waals surface area contributed by atoms with Crippen LogP contribution in [-0.4, -0.2) is 24.5 Å². The maximum atomic E-state index is 12.4. The second kappa shape index (κ2) is 7.43. The summed E-state index contributed by atoms with van der Waals surface area (Å²) in [6.45, 7) is 4.06. The number of aryl methyl sites for hydroxylation is 1. The Morgan fingerprint density at radius 2 is 2.04 bits per heavy atom. The number of hydrogen-bond donors (Lipinski definition) is 1. The third-order valence-corrected chi connectivity index (χ3v) is 5.25. The number of nitrogens with one attached hydrogen (secondary N) is 1. The van der Waals surface area contributed by atoms with Crippen molar-refractivity contribution in [2.75, 3.05) is 16.8 Å². The van der Waals surface area contributed by atoms with Gasteiger partial charge in [-0.2, -0.15) is 0 Å². The van der Waals surface area contributed by atoms with Gasteiger partial charge < -0.3 is 15.0 Å². The van der Waals surface area contributed by atoms with Gasteiger partial charge in [-0.1, -0.05) is 18.2 Å². The first-order chi connectivity index (χ1) is 12.0. The summed E-state index contributed by atoms with van der Waals surface area (Å²) < 4.78 is 6.71. The molecule has 0 aliphatic carbocycles. The van der Waals surface area contributed by atoms with Gasteiger partial charge in [-0.05, 0) is 66.3 Å². The van der Waals surface area contributed by atoms with E-state index in [9.17, 15) is 9.59 Å². The van der Waals surface area contributed by atoms with Crippen LogP contribution in [0.1, 0.15) is 18.9 Å². The minimum atomic E-state index is -0.545. The van der Waals surface area contributed by atoms with Gasteiger partial charge in [-0.3, -0.25) is 9.59 Å². The van der Waals surface area contributed by atoms with Crippen LogP contribution in [0.5, 0.6) is 5.75 Å². The molecule has 0 saturated heterocycles. The number of fused-ring (bicyclic) bond motifs is 1. The van der Waals surface area contributed by atoms with Crippen LogP contribution in [0.4, 0.5) is 11.4 Å². The lowest BCUT2D eigenvalue weighted by atomic mass is 10.1. The first-order valence-corrected chi connectivity index (χ1v) is 9.16. The molecule has 2 aromatic rings. The largest absolute Gasteiger partial charge is 0.479 e. The monoisotopic (exact) mass is 450 g/mol. The molecule has 0 fully saturated rings. The van der Waals surface area contributed by atoms with E-state index in [1.54, 1.807) is 11.8 Å². The molecule has 2 aromatic carbocycles. The van der Waals surface area contributed by atoms with Gasteiger partial charge in [0.1, 0.15) is 5.75 Å². The van der Waals surface area contributed by atoms with Crippen molar-refractivity contribution in [1.82, 2.24) is 0 Å². The minimum absolute atomic E-state index is 0.121. The first kappa shape index (κ1) is 17.7. The summed E-state index contributed by atoms with van der Waals surface area (Å²) in [5.41, 5.74) is 2.65. The zero-order chi connectivity index (χ0) is 18.0. The number of nitrogens with zero attached hydrogens (tertiary/aromatic N) is 1. The summed E-state index contributed by atoms with van der Waals surface area (Å²) in [5.74, 6) is 0.420. The van der Waals surface area contributed by atoms with Crippen LogP contribution in [0.25, 0.3) is 0 Å². The fraction of sp³-hybridized carbons (Fsp3) is 0.263. The molecule has 0 spiro atoms. The summed E-state index contributed by atoms with van der Waals surface area (Å²) in [6.07, 6.45) is -0.325. The molecule has 0 radical (unpaired) electrons. The Bertz CT molecular complexity index is 822. The Kier molecular flexibility index (Phi) is 5.27. The lowest BCUT2D eigenvalue weighted by Gasteiger charge is -2.32. The molecule has 1 aliphatic rings. The van der Waals surface area contributed by atoms with Crippen molar-refractivity contribution in [3.8, 4) is 5.75 Å². The predicted molar refractivity (Wildman–Crippen MR) is 106 cm³/mol. The molecule has 25 heavy (non-hydrogen) atoms. The van der Waals surface area contributed by atoms with Crippen molar-refractivity contribution >= 4 is 45.8 Å². The average molecular weight is 450 g/mol. The Morgan fingerprint density at radius 1 is 1.28 bits per heavy atom. The minimum Gasteiger partial charge on any atom is -0.479 e. The fourth-order valence-corrected chi connectivity index (χ4v) is 3.21. The standard InChI is InChI=1S/C19H19IN2O3/c1-12-7-8-14(11-15(12)20)21-18(23)9-10-22-16-5-3-4-6-17(16)25-13(2)19(22)24/h3-8,11,13H,9-10H2,1-2H3,(H,21,23)/t13-/m1/s1. The SMILES string of the molecule is Cc1ccc(NC(=O)CCN2C(=O)[C@@H](C)Oc3ccccc32)cc1I. The summed E-state index contributed by atoms with van der Waals surface area (Å²) in [5, 5.41) is 2.89. The highest BCUT2D eigenvalue weighted by atomic mass is 127. The Hall–Kier alpha value is -2.09. The van der Waals surface area contributed by atoms with Gasteiger partial charge in [-0.15, -0.1) is 0 Å². The first-order valence-electron chi connectivity index (χ1n) is 8.09. The zero-order valence-corrected chi connectivity index (χ0v) is 16.2. The van der Waals surface area contributed by atoms with Gasteiger partial charge in [-0.25, -0.2) is 0 Å². The number of anilines is 2. The molecule has 0 aromatic heterocycles. The highest BCUT2D eigenvalue weighted by Gasteiger charge is 2.31. The molecule has 0 bridgehead atoms. The van der Waals surface area contributed by atoms with Crippen LogP contribution in [0, 0.1) is 10.5 Å². The number of amides is 2. The highest BCUT2D eigenvalue weighted by Crippen LogP contribution is 2.33. The number of para-hydroxylation sites is 2. The summed E-state index contributed by atoms with van der Waals surface area (Å²) >= 11 is 2.24. The van der Waals surface area contributed by atoms with Crippen LogP contribution in [-0.2, 0) is 9.59 Å². The quantitative estimate of drug-likeness (QED) is 0.723. The van der Waals surface area contributed by atoms with Crippen LogP contribution in [0.3, 0.4) is 0 Å². The maximum absolute atomic E-state index is 12.4. The molecule has 0 saturated carbocycles. The van der Waals surface area contributed by atoms with E-state index in [-0.39, 0.29) is 18.2 Å². The van der Waals surface area contributed by atoms with E-state index in [0.717, 1.165) is 9.26 Å².